The van der Waals surface area contributed by atoms with Crippen molar-refractivity contribution in [3.8, 4) is 17.2 Å². The standard InChI is InChI=1S/C21H15N3O4S/c1-27-14-7-4-6-13(12-14)20(26)24-21-23-17(16-9-5-11-28-16)19(29-21)18(25)15-8-2-3-10-22-15/h2-12H,1H3,(H,23,24,26). The molecular formula is C21H15N3O4S. The molecule has 0 fully saturated rings. The van der Waals surface area contributed by atoms with Crippen LogP contribution < -0.4 is 10.1 Å². The van der Waals surface area contributed by atoms with Crippen molar-refractivity contribution in [1.29, 1.82) is 0 Å². The number of rotatable bonds is 6. The molecule has 0 aliphatic carbocycles. The zero-order valence-electron chi connectivity index (χ0n) is 15.3. The Bertz CT molecular complexity index is 1150. The van der Waals surface area contributed by atoms with Crippen LogP contribution in [0.15, 0.2) is 71.5 Å². The molecule has 0 radical (unpaired) electrons. The van der Waals surface area contributed by atoms with Crippen LogP contribution in [-0.2, 0) is 0 Å². The van der Waals surface area contributed by atoms with E-state index in [0.29, 0.717) is 27.6 Å². The summed E-state index contributed by atoms with van der Waals surface area (Å²) in [7, 11) is 1.53. The fourth-order valence-corrected chi connectivity index (χ4v) is 3.57. The molecule has 3 aromatic heterocycles. The van der Waals surface area contributed by atoms with E-state index in [1.165, 1.54) is 13.4 Å². The van der Waals surface area contributed by atoms with E-state index in [4.69, 9.17) is 9.15 Å². The molecule has 0 bridgehead atoms. The van der Waals surface area contributed by atoms with Crippen molar-refractivity contribution in [3.05, 3.63) is 83.2 Å². The number of thiazole rings is 1. The smallest absolute Gasteiger partial charge is 0.257 e. The van der Waals surface area contributed by atoms with Crippen LogP contribution in [0, 0.1) is 0 Å². The minimum Gasteiger partial charge on any atom is -0.497 e. The number of benzene rings is 1. The van der Waals surface area contributed by atoms with E-state index in [-0.39, 0.29) is 22.5 Å². The lowest BCUT2D eigenvalue weighted by atomic mass is 10.1. The maximum atomic E-state index is 13.0. The van der Waals surface area contributed by atoms with Gasteiger partial charge in [0.05, 0.1) is 13.4 Å². The van der Waals surface area contributed by atoms with Crippen molar-refractivity contribution < 1.29 is 18.7 Å². The molecule has 8 heteroatoms. The number of hydrogen-bond acceptors (Lipinski definition) is 7. The Morgan fingerprint density at radius 3 is 2.72 bits per heavy atom. The lowest BCUT2D eigenvalue weighted by molar-refractivity contribution is 0.102. The van der Waals surface area contributed by atoms with Gasteiger partial charge in [0.2, 0.25) is 5.78 Å². The van der Waals surface area contributed by atoms with E-state index >= 15 is 0 Å². The summed E-state index contributed by atoms with van der Waals surface area (Å²) in [4.78, 5) is 34.4. The van der Waals surface area contributed by atoms with E-state index in [2.05, 4.69) is 15.3 Å². The summed E-state index contributed by atoms with van der Waals surface area (Å²) in [5.41, 5.74) is 1.06. The van der Waals surface area contributed by atoms with Gasteiger partial charge in [-0.15, -0.1) is 0 Å². The van der Waals surface area contributed by atoms with E-state index in [1.807, 2.05) is 0 Å². The summed E-state index contributed by atoms with van der Waals surface area (Å²) in [5.74, 6) is 0.346. The highest BCUT2D eigenvalue weighted by Gasteiger charge is 2.24. The number of hydrogen-bond donors (Lipinski definition) is 1. The van der Waals surface area contributed by atoms with Crippen molar-refractivity contribution in [2.45, 2.75) is 0 Å². The zero-order chi connectivity index (χ0) is 20.2. The minimum atomic E-state index is -0.361. The van der Waals surface area contributed by atoms with Crippen molar-refractivity contribution in [3.63, 3.8) is 0 Å². The highest BCUT2D eigenvalue weighted by atomic mass is 32.1. The third kappa shape index (κ3) is 3.92. The predicted octanol–water partition coefficient (Wildman–Crippen LogP) is 4.29. The topological polar surface area (TPSA) is 94.3 Å². The Kier molecular flexibility index (Phi) is 5.17. The fraction of sp³-hybridized carbons (Fsp3) is 0.0476. The first-order valence-corrected chi connectivity index (χ1v) is 9.43. The number of ketones is 1. The van der Waals surface area contributed by atoms with Crippen LogP contribution in [0.5, 0.6) is 5.75 Å². The van der Waals surface area contributed by atoms with Gasteiger partial charge in [0.15, 0.2) is 10.9 Å². The van der Waals surface area contributed by atoms with Gasteiger partial charge in [-0.05, 0) is 42.5 Å². The molecule has 1 amide bonds. The summed E-state index contributed by atoms with van der Waals surface area (Å²) < 4.78 is 10.6. The Hall–Kier alpha value is -3.78. The molecular weight excluding hydrogens is 390 g/mol. The number of nitrogens with zero attached hydrogens (tertiary/aromatic N) is 2. The van der Waals surface area contributed by atoms with E-state index < -0.39 is 0 Å². The van der Waals surface area contributed by atoms with Crippen molar-refractivity contribution >= 4 is 28.2 Å². The maximum absolute atomic E-state index is 13.0. The van der Waals surface area contributed by atoms with E-state index in [9.17, 15) is 9.59 Å². The molecule has 0 unspecified atom stereocenters. The molecule has 29 heavy (non-hydrogen) atoms. The maximum Gasteiger partial charge on any atom is 0.257 e. The van der Waals surface area contributed by atoms with Crippen molar-refractivity contribution in [2.75, 3.05) is 12.4 Å². The van der Waals surface area contributed by atoms with Gasteiger partial charge in [0.25, 0.3) is 5.91 Å². The second-order valence-corrected chi connectivity index (χ2v) is 6.90. The average Bonchev–Trinajstić information content (AvgIpc) is 3.44. The number of anilines is 1. The number of pyridine rings is 1. The van der Waals surface area contributed by atoms with Crippen molar-refractivity contribution in [2.24, 2.45) is 0 Å². The van der Waals surface area contributed by atoms with Gasteiger partial charge in [-0.25, -0.2) is 4.98 Å². The summed E-state index contributed by atoms with van der Waals surface area (Å²) in [6.07, 6.45) is 3.05. The fourth-order valence-electron chi connectivity index (χ4n) is 2.65. The molecule has 0 aliphatic rings. The third-order valence-electron chi connectivity index (χ3n) is 4.04. The number of nitrogens with one attached hydrogen (secondary N) is 1. The second kappa shape index (κ2) is 8.07. The first-order valence-electron chi connectivity index (χ1n) is 8.61. The van der Waals surface area contributed by atoms with Crippen LogP contribution in [-0.4, -0.2) is 28.8 Å². The Labute approximate surface area is 170 Å². The Balaban J connectivity index is 1.68. The van der Waals surface area contributed by atoms with Crippen LogP contribution >= 0.6 is 11.3 Å². The van der Waals surface area contributed by atoms with Crippen LogP contribution in [0.4, 0.5) is 5.13 Å². The molecule has 3 heterocycles. The highest BCUT2D eigenvalue weighted by Crippen LogP contribution is 2.33. The average molecular weight is 405 g/mol. The Morgan fingerprint density at radius 2 is 2.00 bits per heavy atom. The lowest BCUT2D eigenvalue weighted by Gasteiger charge is -2.04. The van der Waals surface area contributed by atoms with E-state index in [0.717, 1.165) is 11.3 Å². The van der Waals surface area contributed by atoms with Crippen LogP contribution in [0.25, 0.3) is 11.5 Å². The first-order chi connectivity index (χ1) is 14.2. The van der Waals surface area contributed by atoms with Gasteiger partial charge >= 0.3 is 0 Å². The van der Waals surface area contributed by atoms with Gasteiger partial charge in [-0.2, -0.15) is 0 Å². The minimum absolute atomic E-state index is 0.281. The monoisotopic (exact) mass is 405 g/mol. The summed E-state index contributed by atoms with van der Waals surface area (Å²) in [6.45, 7) is 0. The van der Waals surface area contributed by atoms with Crippen LogP contribution in [0.1, 0.15) is 25.7 Å². The van der Waals surface area contributed by atoms with E-state index in [1.54, 1.807) is 60.8 Å². The van der Waals surface area contributed by atoms with Gasteiger partial charge in [0.1, 0.15) is 22.0 Å². The van der Waals surface area contributed by atoms with Gasteiger partial charge < -0.3 is 9.15 Å². The second-order valence-electron chi connectivity index (χ2n) is 5.90. The number of ether oxygens (including phenoxy) is 1. The van der Waals surface area contributed by atoms with Gasteiger partial charge in [-0.3, -0.25) is 19.9 Å². The predicted molar refractivity (Wildman–Crippen MR) is 108 cm³/mol. The molecule has 1 aromatic carbocycles. The van der Waals surface area contributed by atoms with Crippen LogP contribution in [0.2, 0.25) is 0 Å². The number of methoxy groups -OCH3 is 1. The highest BCUT2D eigenvalue weighted by molar-refractivity contribution is 7.18. The summed E-state index contributed by atoms with van der Waals surface area (Å²) in [5, 5.41) is 3.02. The largest absolute Gasteiger partial charge is 0.497 e. The molecule has 0 spiro atoms. The van der Waals surface area contributed by atoms with Crippen LogP contribution in [0.3, 0.4) is 0 Å². The molecule has 4 aromatic rings. The zero-order valence-corrected chi connectivity index (χ0v) is 16.1. The molecule has 0 saturated heterocycles. The number of furan rings is 1. The Morgan fingerprint density at radius 1 is 1.10 bits per heavy atom. The molecule has 144 valence electrons. The number of aromatic nitrogens is 2. The number of amides is 1. The molecule has 1 N–H and O–H groups in total. The normalized spacial score (nSPS) is 10.5. The number of carbonyl (C=O) groups is 2. The summed E-state index contributed by atoms with van der Waals surface area (Å²) >= 11 is 1.07. The molecule has 0 aliphatic heterocycles. The molecule has 7 nitrogen and oxygen atoms in total. The van der Waals surface area contributed by atoms with Gasteiger partial charge in [0, 0.05) is 11.8 Å². The SMILES string of the molecule is COc1cccc(C(=O)Nc2nc(-c3ccco3)c(C(=O)c3ccccn3)s2)c1. The summed E-state index contributed by atoms with van der Waals surface area (Å²) in [6, 6.07) is 15.3. The lowest BCUT2D eigenvalue weighted by Crippen LogP contribution is -2.11. The quantitative estimate of drug-likeness (QED) is 0.481. The molecule has 0 atom stereocenters. The third-order valence-corrected chi connectivity index (χ3v) is 5.01. The molecule has 0 saturated carbocycles. The number of carbonyl (C=O) groups excluding carboxylic acids is 2. The van der Waals surface area contributed by atoms with Crippen molar-refractivity contribution in [1.82, 2.24) is 9.97 Å². The van der Waals surface area contributed by atoms with Gasteiger partial charge in [-0.1, -0.05) is 23.5 Å². The first kappa shape index (κ1) is 18.6. The molecule has 4 rings (SSSR count).